The number of ether oxygens (including phenoxy) is 1. The number of alkyl halides is 1. The molecule has 0 unspecified atom stereocenters. The van der Waals surface area contributed by atoms with Crippen molar-refractivity contribution in [3.8, 4) is 0 Å². The van der Waals surface area contributed by atoms with E-state index in [1.54, 1.807) is 6.92 Å². The van der Waals surface area contributed by atoms with Crippen LogP contribution in [0.4, 0.5) is 0 Å². The van der Waals surface area contributed by atoms with Crippen LogP contribution in [0.25, 0.3) is 0 Å². The molecule has 0 saturated heterocycles. The van der Waals surface area contributed by atoms with E-state index in [0.29, 0.717) is 12.2 Å². The van der Waals surface area contributed by atoms with E-state index in [2.05, 4.69) is 18.2 Å². The third-order valence-electron chi connectivity index (χ3n) is 1.12. The summed E-state index contributed by atoms with van der Waals surface area (Å²) in [4.78, 5) is 12.7. The second-order valence-corrected chi connectivity index (χ2v) is 2.72. The van der Waals surface area contributed by atoms with E-state index in [9.17, 15) is 4.79 Å². The molecule has 17 heavy (non-hydrogen) atoms. The number of carbonyl (C=O) groups is 1. The topological polar surface area (TPSA) is 156 Å². The van der Waals surface area contributed by atoms with Crippen LogP contribution in [0.3, 0.4) is 0 Å². The van der Waals surface area contributed by atoms with Gasteiger partial charge in [0.1, 0.15) is 6.61 Å². The second kappa shape index (κ2) is 24.5. The Hall–Kier alpha value is -0.700. The summed E-state index contributed by atoms with van der Waals surface area (Å²) < 4.78 is 4.83. The molecule has 7 nitrogen and oxygen atoms in total. The lowest BCUT2D eigenvalue weighted by molar-refractivity contribution is -0.139. The molecule has 0 aliphatic rings. The molecule has 0 aromatic rings. The highest BCUT2D eigenvalue weighted by atomic mass is 35.5. The molecule has 0 atom stereocenters. The van der Waals surface area contributed by atoms with Crippen molar-refractivity contribution in [3.63, 3.8) is 0 Å². The molecule has 8 heteroatoms. The van der Waals surface area contributed by atoms with Gasteiger partial charge in [0.25, 0.3) is 0 Å². The van der Waals surface area contributed by atoms with E-state index in [1.807, 2.05) is 19.0 Å². The molecule has 0 aromatic carbocycles. The summed E-state index contributed by atoms with van der Waals surface area (Å²) in [5, 5.41) is 0. The van der Waals surface area contributed by atoms with Crippen LogP contribution >= 0.6 is 11.6 Å². The van der Waals surface area contributed by atoms with Crippen LogP contribution < -0.4 is 0 Å². The van der Waals surface area contributed by atoms with Crippen LogP contribution in [-0.4, -0.2) is 66.4 Å². The molecule has 0 amide bonds. The number of carbonyl (C=O) groups excluding carboxylic acids is 1. The molecule has 0 saturated carbocycles. The summed E-state index contributed by atoms with van der Waals surface area (Å²) >= 11 is 4.64. The van der Waals surface area contributed by atoms with Crippen LogP contribution in [0.15, 0.2) is 12.2 Å². The van der Waals surface area contributed by atoms with Gasteiger partial charge in [0.05, 0.1) is 0 Å². The summed E-state index contributed by atoms with van der Waals surface area (Å²) in [5.41, 5.74) is 0.448. The Morgan fingerprint density at radius 2 is 1.53 bits per heavy atom. The van der Waals surface area contributed by atoms with E-state index in [-0.39, 0.29) is 27.9 Å². The third-order valence-corrected chi connectivity index (χ3v) is 1.12. The lowest BCUT2D eigenvalue weighted by atomic mass is 10.4. The monoisotopic (exact) mass is 279 g/mol. The molecule has 110 valence electrons. The molecule has 0 fully saturated rings. The molecule has 0 rings (SSSR count). The predicted molar refractivity (Wildman–Crippen MR) is 70.6 cm³/mol. The fourth-order valence-corrected chi connectivity index (χ4v) is 0.444. The van der Waals surface area contributed by atoms with E-state index in [4.69, 9.17) is 4.74 Å². The van der Waals surface area contributed by atoms with Crippen molar-refractivity contribution < 1.29 is 31.4 Å². The van der Waals surface area contributed by atoms with Crippen LogP contribution in [0.5, 0.6) is 0 Å². The van der Waals surface area contributed by atoms with E-state index in [1.165, 1.54) is 6.38 Å². The van der Waals surface area contributed by atoms with Crippen molar-refractivity contribution in [2.45, 2.75) is 6.92 Å². The minimum Gasteiger partial charge on any atom is -0.461 e. The lowest BCUT2D eigenvalue weighted by Crippen LogP contribution is -2.20. The molecule has 0 heterocycles. The molecular weight excluding hydrogens is 254 g/mol. The van der Waals surface area contributed by atoms with Gasteiger partial charge in [-0.25, -0.2) is 4.79 Å². The summed E-state index contributed by atoms with van der Waals surface area (Å²) in [6, 6.07) is 0. The van der Waals surface area contributed by atoms with Gasteiger partial charge in [0, 0.05) is 18.5 Å². The van der Waals surface area contributed by atoms with Crippen molar-refractivity contribution in [2.75, 3.05) is 33.6 Å². The molecular formula is C9H26ClNO6. The van der Waals surface area contributed by atoms with Crippen LogP contribution in [0.2, 0.25) is 0 Å². The highest BCUT2D eigenvalue weighted by Crippen LogP contribution is 1.91. The zero-order valence-electron chi connectivity index (χ0n) is 10.8. The van der Waals surface area contributed by atoms with E-state index in [0.717, 1.165) is 6.54 Å². The molecule has 0 aromatic heterocycles. The number of hydrogen-bond donors (Lipinski definition) is 0. The number of rotatable bonds is 4. The van der Waals surface area contributed by atoms with Gasteiger partial charge in [-0.1, -0.05) is 6.58 Å². The van der Waals surface area contributed by atoms with Crippen LogP contribution in [0, 0.1) is 0 Å². The first-order chi connectivity index (χ1) is 6.04. The van der Waals surface area contributed by atoms with Gasteiger partial charge < -0.3 is 31.5 Å². The van der Waals surface area contributed by atoms with Crippen LogP contribution in [0.1, 0.15) is 6.92 Å². The minimum absolute atomic E-state index is 0. The minimum atomic E-state index is -0.313. The Balaban J connectivity index is -0.0000000477. The predicted octanol–water partition coefficient (Wildman–Crippen LogP) is -1.78. The third kappa shape index (κ3) is 31.3. The first kappa shape index (κ1) is 36.0. The van der Waals surface area contributed by atoms with Crippen molar-refractivity contribution in [3.05, 3.63) is 12.2 Å². The molecule has 0 aliphatic carbocycles. The second-order valence-electron chi connectivity index (χ2n) is 2.72. The van der Waals surface area contributed by atoms with Gasteiger partial charge in [0.15, 0.2) is 0 Å². The van der Waals surface area contributed by atoms with E-state index < -0.39 is 0 Å². The van der Waals surface area contributed by atoms with Crippen molar-refractivity contribution >= 4 is 17.6 Å². The maximum absolute atomic E-state index is 10.8. The lowest BCUT2D eigenvalue weighted by Gasteiger charge is -2.09. The average Bonchev–Trinajstić information content (AvgIpc) is 2.07. The van der Waals surface area contributed by atoms with Gasteiger partial charge in [-0.05, 0) is 21.0 Å². The summed E-state index contributed by atoms with van der Waals surface area (Å²) in [5.74, 6) is -0.313. The van der Waals surface area contributed by atoms with Crippen molar-refractivity contribution in [1.29, 1.82) is 0 Å². The Bertz CT molecular complexity index is 166. The zero-order valence-corrected chi connectivity index (χ0v) is 11.5. The van der Waals surface area contributed by atoms with Crippen LogP contribution in [-0.2, 0) is 9.53 Å². The summed E-state index contributed by atoms with van der Waals surface area (Å²) in [6.45, 7) is 6.28. The fourth-order valence-electron chi connectivity index (χ4n) is 0.444. The van der Waals surface area contributed by atoms with Gasteiger partial charge in [-0.15, -0.1) is 11.6 Å². The fraction of sp³-hybridized carbons (Fsp3) is 0.667. The SMILES string of the molecule is C=C(C)C(=O)OCCN(C)C.CCl.O.O.O.O. The van der Waals surface area contributed by atoms with Gasteiger partial charge in [-0.3, -0.25) is 0 Å². The van der Waals surface area contributed by atoms with E-state index >= 15 is 0 Å². The summed E-state index contributed by atoms with van der Waals surface area (Å²) in [6.07, 6.45) is 1.47. The Morgan fingerprint density at radius 3 is 1.76 bits per heavy atom. The van der Waals surface area contributed by atoms with Crippen molar-refractivity contribution in [2.24, 2.45) is 0 Å². The number of halogens is 1. The zero-order chi connectivity index (χ0) is 10.9. The maximum Gasteiger partial charge on any atom is 0.333 e. The Morgan fingerprint density at radius 1 is 1.18 bits per heavy atom. The average molecular weight is 280 g/mol. The standard InChI is InChI=1S/C8H15NO2.CH3Cl.4H2O/c1-7(2)8(10)11-6-5-9(3)4;1-2;;;;/h1,5-6H2,2-4H3;1H3;4*1H2. The van der Waals surface area contributed by atoms with Gasteiger partial charge in [0.2, 0.25) is 0 Å². The number of nitrogens with zero attached hydrogens (tertiary/aromatic N) is 1. The highest BCUT2D eigenvalue weighted by Gasteiger charge is 2.01. The normalized spacial score (nSPS) is 6.71. The largest absolute Gasteiger partial charge is 0.461 e. The molecule has 0 aliphatic heterocycles. The number of esters is 1. The first-order valence-electron chi connectivity index (χ1n) is 3.89. The maximum atomic E-state index is 10.8. The highest BCUT2D eigenvalue weighted by molar-refractivity contribution is 6.15. The van der Waals surface area contributed by atoms with Crippen molar-refractivity contribution in [1.82, 2.24) is 4.90 Å². The molecule has 0 radical (unpaired) electrons. The first-order valence-corrected chi connectivity index (χ1v) is 4.65. The Kier molecular flexibility index (Phi) is 51.8. The molecule has 0 spiro atoms. The van der Waals surface area contributed by atoms with Gasteiger partial charge in [-0.2, -0.15) is 0 Å². The summed E-state index contributed by atoms with van der Waals surface area (Å²) in [7, 11) is 3.85. The molecule has 0 bridgehead atoms. The molecule has 8 N–H and O–H groups in total. The number of hydrogen-bond acceptors (Lipinski definition) is 3. The Labute approximate surface area is 107 Å². The quantitative estimate of drug-likeness (QED) is 0.339. The smallest absolute Gasteiger partial charge is 0.333 e. The number of likely N-dealkylation sites (N-methyl/N-ethyl adjacent to an activating group) is 1. The van der Waals surface area contributed by atoms with Gasteiger partial charge >= 0.3 is 5.97 Å².